The summed E-state index contributed by atoms with van der Waals surface area (Å²) in [6.45, 7) is 2.69. The molecule has 0 fully saturated rings. The molecule has 1 aromatic carbocycles. The maximum absolute atomic E-state index is 12.3. The SMILES string of the molecule is CCCN1C(=O)CCc2cc(NC(=O)c3cc(C(=O)O)ccn3)ccc21. The minimum atomic E-state index is -1.11. The number of benzene rings is 1. The summed E-state index contributed by atoms with van der Waals surface area (Å²) in [6.07, 6.45) is 3.24. The van der Waals surface area contributed by atoms with Gasteiger partial charge in [-0.25, -0.2) is 4.79 Å². The van der Waals surface area contributed by atoms with Gasteiger partial charge in [-0.2, -0.15) is 0 Å². The monoisotopic (exact) mass is 353 g/mol. The number of carbonyl (C=O) groups excluding carboxylic acids is 2. The first-order valence-electron chi connectivity index (χ1n) is 8.43. The number of pyridine rings is 1. The summed E-state index contributed by atoms with van der Waals surface area (Å²) >= 11 is 0. The fourth-order valence-corrected chi connectivity index (χ4v) is 2.99. The molecule has 2 heterocycles. The van der Waals surface area contributed by atoms with Crippen molar-refractivity contribution in [3.8, 4) is 0 Å². The molecular weight excluding hydrogens is 334 g/mol. The summed E-state index contributed by atoms with van der Waals surface area (Å²) in [5.74, 6) is -1.48. The zero-order valence-electron chi connectivity index (χ0n) is 14.4. The minimum Gasteiger partial charge on any atom is -0.478 e. The standard InChI is InChI=1S/C19H19N3O4/c1-2-9-22-16-5-4-14(10-12(16)3-6-17(22)23)21-18(24)15-11-13(19(25)26)7-8-20-15/h4-5,7-8,10-11H,2-3,6,9H2,1H3,(H,21,24)(H,25,26). The van der Waals surface area contributed by atoms with Crippen LogP contribution in [-0.4, -0.2) is 34.4 Å². The second kappa shape index (κ2) is 7.35. The number of fused-ring (bicyclic) bond motifs is 1. The van der Waals surface area contributed by atoms with Gasteiger partial charge in [0.25, 0.3) is 5.91 Å². The van der Waals surface area contributed by atoms with E-state index in [1.165, 1.54) is 18.3 Å². The number of amides is 2. The van der Waals surface area contributed by atoms with Crippen LogP contribution in [0.15, 0.2) is 36.5 Å². The summed E-state index contributed by atoms with van der Waals surface area (Å²) < 4.78 is 0. The normalized spacial score (nSPS) is 13.3. The molecule has 1 aliphatic rings. The van der Waals surface area contributed by atoms with Crippen LogP contribution in [0.5, 0.6) is 0 Å². The second-order valence-electron chi connectivity index (χ2n) is 6.08. The van der Waals surface area contributed by atoms with Crippen molar-refractivity contribution in [1.29, 1.82) is 0 Å². The molecule has 3 rings (SSSR count). The zero-order valence-corrected chi connectivity index (χ0v) is 14.4. The number of rotatable bonds is 5. The van der Waals surface area contributed by atoms with E-state index in [4.69, 9.17) is 5.11 Å². The van der Waals surface area contributed by atoms with Gasteiger partial charge in [0.15, 0.2) is 0 Å². The highest BCUT2D eigenvalue weighted by Gasteiger charge is 2.23. The highest BCUT2D eigenvalue weighted by atomic mass is 16.4. The number of nitrogens with one attached hydrogen (secondary N) is 1. The average molecular weight is 353 g/mol. The highest BCUT2D eigenvalue weighted by Crippen LogP contribution is 2.30. The Hall–Kier alpha value is -3.22. The van der Waals surface area contributed by atoms with E-state index in [0.717, 1.165) is 17.7 Å². The van der Waals surface area contributed by atoms with Crippen LogP contribution in [0.1, 0.15) is 46.2 Å². The Morgan fingerprint density at radius 1 is 1.23 bits per heavy atom. The van der Waals surface area contributed by atoms with Crippen LogP contribution in [-0.2, 0) is 11.2 Å². The lowest BCUT2D eigenvalue weighted by atomic mass is 10.00. The smallest absolute Gasteiger partial charge is 0.335 e. The molecule has 0 unspecified atom stereocenters. The maximum atomic E-state index is 12.3. The number of carboxylic acid groups (broad SMARTS) is 1. The largest absolute Gasteiger partial charge is 0.478 e. The Morgan fingerprint density at radius 2 is 2.04 bits per heavy atom. The molecule has 7 nitrogen and oxygen atoms in total. The van der Waals surface area contributed by atoms with Gasteiger partial charge >= 0.3 is 5.97 Å². The molecule has 0 saturated heterocycles. The molecule has 2 aromatic rings. The molecule has 1 aliphatic heterocycles. The Bertz CT molecular complexity index is 879. The van der Waals surface area contributed by atoms with Gasteiger partial charge in [-0.05, 0) is 48.7 Å². The van der Waals surface area contributed by atoms with Crippen molar-refractivity contribution < 1.29 is 19.5 Å². The number of aromatic nitrogens is 1. The minimum absolute atomic E-state index is 0.00399. The molecule has 0 bridgehead atoms. The van der Waals surface area contributed by atoms with Crippen molar-refractivity contribution in [1.82, 2.24) is 4.98 Å². The van der Waals surface area contributed by atoms with Crippen LogP contribution in [0.3, 0.4) is 0 Å². The van der Waals surface area contributed by atoms with Crippen molar-refractivity contribution in [3.05, 3.63) is 53.3 Å². The van der Waals surface area contributed by atoms with E-state index in [1.807, 2.05) is 19.1 Å². The van der Waals surface area contributed by atoms with E-state index < -0.39 is 11.9 Å². The molecular formula is C19H19N3O4. The van der Waals surface area contributed by atoms with Crippen molar-refractivity contribution in [2.45, 2.75) is 26.2 Å². The van der Waals surface area contributed by atoms with Gasteiger partial charge in [0.05, 0.1) is 5.56 Å². The Morgan fingerprint density at radius 3 is 2.77 bits per heavy atom. The molecule has 2 amide bonds. The number of aryl methyl sites for hydroxylation is 1. The summed E-state index contributed by atoms with van der Waals surface area (Å²) in [5, 5.41) is 11.7. The molecule has 2 N–H and O–H groups in total. The lowest BCUT2D eigenvalue weighted by Crippen LogP contribution is -2.35. The Labute approximate surface area is 150 Å². The van der Waals surface area contributed by atoms with E-state index >= 15 is 0 Å². The Kier molecular flexibility index (Phi) is 4.97. The van der Waals surface area contributed by atoms with Crippen LogP contribution in [0.4, 0.5) is 11.4 Å². The second-order valence-corrected chi connectivity index (χ2v) is 6.08. The number of hydrogen-bond acceptors (Lipinski definition) is 4. The zero-order chi connectivity index (χ0) is 18.7. The number of anilines is 2. The van der Waals surface area contributed by atoms with Crippen LogP contribution in [0.2, 0.25) is 0 Å². The summed E-state index contributed by atoms with van der Waals surface area (Å²) in [4.78, 5) is 41.1. The van der Waals surface area contributed by atoms with Crippen LogP contribution >= 0.6 is 0 Å². The van der Waals surface area contributed by atoms with Crippen molar-refractivity contribution in [2.24, 2.45) is 0 Å². The van der Waals surface area contributed by atoms with Gasteiger partial charge in [0.2, 0.25) is 5.91 Å². The summed E-state index contributed by atoms with van der Waals surface area (Å²) in [6, 6.07) is 7.98. The topological polar surface area (TPSA) is 99.6 Å². The number of carboxylic acids is 1. The van der Waals surface area contributed by atoms with Crippen LogP contribution < -0.4 is 10.2 Å². The highest BCUT2D eigenvalue weighted by molar-refractivity contribution is 6.04. The first-order valence-corrected chi connectivity index (χ1v) is 8.43. The maximum Gasteiger partial charge on any atom is 0.335 e. The predicted molar refractivity (Wildman–Crippen MR) is 96.6 cm³/mol. The fraction of sp³-hybridized carbons (Fsp3) is 0.263. The van der Waals surface area contributed by atoms with E-state index in [9.17, 15) is 14.4 Å². The van der Waals surface area contributed by atoms with Crippen molar-refractivity contribution >= 4 is 29.2 Å². The van der Waals surface area contributed by atoms with Crippen LogP contribution in [0.25, 0.3) is 0 Å². The van der Waals surface area contributed by atoms with E-state index in [1.54, 1.807) is 11.0 Å². The lowest BCUT2D eigenvalue weighted by Gasteiger charge is -2.29. The molecule has 0 saturated carbocycles. The van der Waals surface area contributed by atoms with Gasteiger partial charge < -0.3 is 15.3 Å². The van der Waals surface area contributed by atoms with Gasteiger partial charge in [0.1, 0.15) is 5.69 Å². The third kappa shape index (κ3) is 3.56. The van der Waals surface area contributed by atoms with E-state index in [-0.39, 0.29) is 17.2 Å². The molecule has 134 valence electrons. The number of carbonyl (C=O) groups is 3. The number of nitrogens with zero attached hydrogens (tertiary/aromatic N) is 2. The molecule has 1 aromatic heterocycles. The molecule has 7 heteroatoms. The Balaban J connectivity index is 1.81. The van der Waals surface area contributed by atoms with Crippen molar-refractivity contribution in [3.63, 3.8) is 0 Å². The van der Waals surface area contributed by atoms with Gasteiger partial charge in [-0.15, -0.1) is 0 Å². The molecule has 0 atom stereocenters. The van der Waals surface area contributed by atoms with E-state index in [0.29, 0.717) is 25.1 Å². The first-order chi connectivity index (χ1) is 12.5. The third-order valence-electron chi connectivity index (χ3n) is 4.22. The van der Waals surface area contributed by atoms with Gasteiger partial charge in [-0.3, -0.25) is 14.6 Å². The predicted octanol–water partition coefficient (Wildman–Crippen LogP) is 2.72. The number of aromatic carboxylic acids is 1. The summed E-state index contributed by atoms with van der Waals surface area (Å²) in [5.41, 5.74) is 2.51. The van der Waals surface area contributed by atoms with Gasteiger partial charge in [0, 0.05) is 30.5 Å². The quantitative estimate of drug-likeness (QED) is 0.861. The average Bonchev–Trinajstić information content (AvgIpc) is 2.64. The number of hydrogen-bond donors (Lipinski definition) is 2. The molecule has 0 radical (unpaired) electrons. The van der Waals surface area contributed by atoms with Gasteiger partial charge in [-0.1, -0.05) is 6.92 Å². The molecule has 26 heavy (non-hydrogen) atoms. The van der Waals surface area contributed by atoms with Crippen LogP contribution in [0, 0.1) is 0 Å². The molecule has 0 aliphatic carbocycles. The fourth-order valence-electron chi connectivity index (χ4n) is 2.99. The third-order valence-corrected chi connectivity index (χ3v) is 4.22. The summed E-state index contributed by atoms with van der Waals surface area (Å²) in [7, 11) is 0. The van der Waals surface area contributed by atoms with E-state index in [2.05, 4.69) is 10.3 Å². The first kappa shape index (κ1) is 17.6. The lowest BCUT2D eigenvalue weighted by molar-refractivity contribution is -0.118. The molecule has 0 spiro atoms. The van der Waals surface area contributed by atoms with Crippen molar-refractivity contribution in [2.75, 3.05) is 16.8 Å².